The van der Waals surface area contributed by atoms with E-state index in [0.29, 0.717) is 20.9 Å². The highest BCUT2D eigenvalue weighted by Gasteiger charge is 2.24. The number of benzene rings is 1. The largest absolute Gasteiger partial charge is 0.441 e. The minimum Gasteiger partial charge on any atom is -0.441 e. The Kier molecular flexibility index (Phi) is 5.74. The first-order valence-electron chi connectivity index (χ1n) is 8.40. The zero-order valence-electron chi connectivity index (χ0n) is 14.9. The number of carbonyl (C=O) groups excluding carboxylic acids is 1. The van der Waals surface area contributed by atoms with Gasteiger partial charge in [-0.2, -0.15) is 0 Å². The predicted molar refractivity (Wildman–Crippen MR) is 109 cm³/mol. The van der Waals surface area contributed by atoms with Gasteiger partial charge in [-0.15, -0.1) is 0 Å². The molecule has 5 nitrogen and oxygen atoms in total. The average Bonchev–Trinajstić information content (AvgIpc) is 3.20. The summed E-state index contributed by atoms with van der Waals surface area (Å²) in [6.45, 7) is 7.83. The number of carbonyl (C=O) groups is 1. The first-order valence-corrected chi connectivity index (χ1v) is 9.60. The molecule has 1 saturated heterocycles. The van der Waals surface area contributed by atoms with Crippen LogP contribution < -0.4 is 10.2 Å². The third-order valence-electron chi connectivity index (χ3n) is 4.01. The van der Waals surface area contributed by atoms with Crippen LogP contribution in [-0.2, 0) is 4.79 Å². The van der Waals surface area contributed by atoms with Gasteiger partial charge in [-0.3, -0.25) is 4.79 Å². The molecule has 0 unspecified atom stereocenters. The monoisotopic (exact) mass is 389 g/mol. The first kappa shape index (κ1) is 18.6. The Morgan fingerprint density at radius 1 is 1.27 bits per heavy atom. The third-order valence-corrected chi connectivity index (χ3v) is 5.15. The SMILES string of the molecule is CCN(CC)c1ccc(/C=C2/SC(=Nc3cc(Cl)ccc3C)NC2=O)o1. The molecule has 7 heteroatoms. The highest BCUT2D eigenvalue weighted by Crippen LogP contribution is 2.31. The first-order chi connectivity index (χ1) is 12.5. The number of amidine groups is 1. The second kappa shape index (κ2) is 8.01. The zero-order valence-corrected chi connectivity index (χ0v) is 16.4. The van der Waals surface area contributed by atoms with E-state index < -0.39 is 0 Å². The van der Waals surface area contributed by atoms with Crippen molar-refractivity contribution in [1.29, 1.82) is 0 Å². The summed E-state index contributed by atoms with van der Waals surface area (Å²) in [5, 5.41) is 3.92. The van der Waals surface area contributed by atoms with Crippen molar-refractivity contribution >= 4 is 52.1 Å². The molecular formula is C19H20ClN3O2S. The number of thioether (sulfide) groups is 1. The molecule has 1 aliphatic rings. The van der Waals surface area contributed by atoms with Crippen LogP contribution in [0, 0.1) is 6.92 Å². The maximum atomic E-state index is 12.2. The predicted octanol–water partition coefficient (Wildman–Crippen LogP) is 4.98. The van der Waals surface area contributed by atoms with Gasteiger partial charge in [0.2, 0.25) is 0 Å². The molecule has 0 atom stereocenters. The molecule has 3 rings (SSSR count). The maximum absolute atomic E-state index is 12.2. The lowest BCUT2D eigenvalue weighted by molar-refractivity contribution is -0.115. The molecule has 1 aromatic carbocycles. The van der Waals surface area contributed by atoms with Crippen molar-refractivity contribution in [3.63, 3.8) is 0 Å². The van der Waals surface area contributed by atoms with E-state index >= 15 is 0 Å². The van der Waals surface area contributed by atoms with Crippen LogP contribution >= 0.6 is 23.4 Å². The molecule has 0 spiro atoms. The molecule has 26 heavy (non-hydrogen) atoms. The van der Waals surface area contributed by atoms with Crippen molar-refractivity contribution in [1.82, 2.24) is 5.32 Å². The number of rotatable bonds is 5. The summed E-state index contributed by atoms with van der Waals surface area (Å²) in [7, 11) is 0. The summed E-state index contributed by atoms with van der Waals surface area (Å²) in [5.74, 6) is 1.26. The second-order valence-electron chi connectivity index (χ2n) is 5.76. The Labute approximate surface area is 162 Å². The smallest absolute Gasteiger partial charge is 0.264 e. The minimum absolute atomic E-state index is 0.186. The van der Waals surface area contributed by atoms with Crippen molar-refractivity contribution < 1.29 is 9.21 Å². The number of furan rings is 1. The van der Waals surface area contributed by atoms with Crippen molar-refractivity contribution in [3.05, 3.63) is 51.6 Å². The summed E-state index contributed by atoms with van der Waals surface area (Å²) in [4.78, 5) is 19.4. The van der Waals surface area contributed by atoms with Gasteiger partial charge in [0.05, 0.1) is 10.6 Å². The fraction of sp³-hybridized carbons (Fsp3) is 0.263. The summed E-state index contributed by atoms with van der Waals surface area (Å²) in [6, 6.07) is 9.28. The van der Waals surface area contributed by atoms with Crippen LogP contribution in [0.1, 0.15) is 25.2 Å². The number of nitrogens with one attached hydrogen (secondary N) is 1. The van der Waals surface area contributed by atoms with Gasteiger partial charge < -0.3 is 14.6 Å². The van der Waals surface area contributed by atoms with Crippen molar-refractivity contribution in [3.8, 4) is 0 Å². The number of amides is 1. The Balaban J connectivity index is 1.80. The Bertz CT molecular complexity index is 885. The average molecular weight is 390 g/mol. The summed E-state index contributed by atoms with van der Waals surface area (Å²) in [5.41, 5.74) is 1.73. The molecule has 1 amide bonds. The number of hydrogen-bond donors (Lipinski definition) is 1. The van der Waals surface area contributed by atoms with Crippen LogP contribution in [0.5, 0.6) is 0 Å². The molecule has 2 heterocycles. The third kappa shape index (κ3) is 4.14. The fourth-order valence-corrected chi connectivity index (χ4v) is 3.53. The second-order valence-corrected chi connectivity index (χ2v) is 7.23. The summed E-state index contributed by atoms with van der Waals surface area (Å²) >= 11 is 7.31. The van der Waals surface area contributed by atoms with Gasteiger partial charge >= 0.3 is 0 Å². The lowest BCUT2D eigenvalue weighted by Crippen LogP contribution is -2.20. The normalized spacial score (nSPS) is 17.2. The van der Waals surface area contributed by atoms with E-state index in [1.165, 1.54) is 11.8 Å². The molecular weight excluding hydrogens is 370 g/mol. The topological polar surface area (TPSA) is 57.8 Å². The number of hydrogen-bond acceptors (Lipinski definition) is 5. The van der Waals surface area contributed by atoms with Crippen molar-refractivity contribution in [2.45, 2.75) is 20.8 Å². The number of nitrogens with zero attached hydrogens (tertiary/aromatic N) is 2. The summed E-state index contributed by atoms with van der Waals surface area (Å²) in [6.07, 6.45) is 1.74. The lowest BCUT2D eigenvalue weighted by Gasteiger charge is -2.16. The van der Waals surface area contributed by atoms with Gasteiger partial charge in [0.1, 0.15) is 5.76 Å². The van der Waals surface area contributed by atoms with Gasteiger partial charge in [-0.25, -0.2) is 4.99 Å². The number of halogens is 1. The van der Waals surface area contributed by atoms with Crippen LogP contribution in [0.4, 0.5) is 11.6 Å². The van der Waals surface area contributed by atoms with E-state index in [0.717, 1.165) is 30.2 Å². The van der Waals surface area contributed by atoms with E-state index in [1.54, 1.807) is 12.1 Å². The van der Waals surface area contributed by atoms with Crippen LogP contribution in [0.2, 0.25) is 5.02 Å². The minimum atomic E-state index is -0.186. The van der Waals surface area contributed by atoms with Crippen molar-refractivity contribution in [2.24, 2.45) is 4.99 Å². The van der Waals surface area contributed by atoms with Crippen LogP contribution in [0.3, 0.4) is 0 Å². The van der Waals surface area contributed by atoms with Gasteiger partial charge in [-0.05, 0) is 56.3 Å². The van der Waals surface area contributed by atoms with E-state index in [4.69, 9.17) is 16.0 Å². The van der Waals surface area contributed by atoms with E-state index in [9.17, 15) is 4.79 Å². The Morgan fingerprint density at radius 2 is 2.04 bits per heavy atom. The van der Waals surface area contributed by atoms with Gasteiger partial charge in [0.15, 0.2) is 11.1 Å². The number of anilines is 1. The molecule has 1 N–H and O–H groups in total. The molecule has 136 valence electrons. The van der Waals surface area contributed by atoms with Gasteiger partial charge in [-0.1, -0.05) is 17.7 Å². The molecule has 0 aliphatic carbocycles. The Hall–Kier alpha value is -2.18. The maximum Gasteiger partial charge on any atom is 0.264 e. The zero-order chi connectivity index (χ0) is 18.7. The van der Waals surface area contributed by atoms with E-state index in [2.05, 4.69) is 29.1 Å². The number of aryl methyl sites for hydroxylation is 1. The molecule has 1 aliphatic heterocycles. The molecule has 0 saturated carbocycles. The van der Waals surface area contributed by atoms with Crippen LogP contribution in [0.25, 0.3) is 6.08 Å². The van der Waals surface area contributed by atoms with Gasteiger partial charge in [0.25, 0.3) is 5.91 Å². The van der Waals surface area contributed by atoms with E-state index in [-0.39, 0.29) is 5.91 Å². The van der Waals surface area contributed by atoms with Crippen molar-refractivity contribution in [2.75, 3.05) is 18.0 Å². The number of aliphatic imine (C=N–C) groups is 1. The lowest BCUT2D eigenvalue weighted by atomic mass is 10.2. The van der Waals surface area contributed by atoms with Crippen LogP contribution in [-0.4, -0.2) is 24.2 Å². The molecule has 1 aromatic heterocycles. The summed E-state index contributed by atoms with van der Waals surface area (Å²) < 4.78 is 5.83. The van der Waals surface area contributed by atoms with E-state index in [1.807, 2.05) is 31.2 Å². The highest BCUT2D eigenvalue weighted by atomic mass is 35.5. The molecule has 2 aromatic rings. The molecule has 0 bridgehead atoms. The van der Waals surface area contributed by atoms with Crippen LogP contribution in [0.15, 0.2) is 44.6 Å². The highest BCUT2D eigenvalue weighted by molar-refractivity contribution is 8.18. The Morgan fingerprint density at radius 3 is 2.77 bits per heavy atom. The molecule has 1 fully saturated rings. The molecule has 0 radical (unpaired) electrons. The standard InChI is InChI=1S/C19H20ClN3O2S/c1-4-23(5-2)17-9-8-14(25-17)11-16-18(24)22-19(26-16)21-15-10-13(20)7-6-12(15)3/h6-11H,4-5H2,1-3H3,(H,21,22,24)/b16-11+. The fourth-order valence-electron chi connectivity index (χ4n) is 2.55. The van der Waals surface area contributed by atoms with Gasteiger partial charge in [0, 0.05) is 30.3 Å². The quantitative estimate of drug-likeness (QED) is 0.732.